The van der Waals surface area contributed by atoms with Gasteiger partial charge in [-0.05, 0) is 24.6 Å². The Morgan fingerprint density at radius 2 is 2.28 bits per heavy atom. The quantitative estimate of drug-likeness (QED) is 0.866. The number of hydrogen-bond donors (Lipinski definition) is 1. The zero-order valence-electron chi connectivity index (χ0n) is 10.4. The van der Waals surface area contributed by atoms with E-state index in [4.69, 9.17) is 4.74 Å². The van der Waals surface area contributed by atoms with Crippen molar-refractivity contribution in [1.82, 2.24) is 0 Å². The molecule has 2 rings (SSSR count). The van der Waals surface area contributed by atoms with E-state index in [1.54, 1.807) is 6.92 Å². The molecule has 0 saturated carbocycles. The zero-order chi connectivity index (χ0) is 13.3. The average molecular weight is 314 g/mol. The minimum atomic E-state index is -0.414. The summed E-state index contributed by atoms with van der Waals surface area (Å²) in [4.78, 5) is 14.0. The highest BCUT2D eigenvalue weighted by atomic mass is 79.9. The maximum Gasteiger partial charge on any atom is 0.315 e. The van der Waals surface area contributed by atoms with Gasteiger partial charge in [-0.25, -0.2) is 0 Å². The predicted octanol–water partition coefficient (Wildman–Crippen LogP) is 1.91. The number of rotatable bonds is 3. The van der Waals surface area contributed by atoms with Gasteiger partial charge in [-0.15, -0.1) is 0 Å². The molecule has 0 saturated heterocycles. The molecule has 1 aromatic rings. The van der Waals surface area contributed by atoms with Crippen LogP contribution in [0.25, 0.3) is 0 Å². The summed E-state index contributed by atoms with van der Waals surface area (Å²) in [6.45, 7) is 2.06. The van der Waals surface area contributed by atoms with Crippen molar-refractivity contribution >= 4 is 27.6 Å². The number of halogens is 1. The smallest absolute Gasteiger partial charge is 0.315 e. The summed E-state index contributed by atoms with van der Waals surface area (Å²) in [7, 11) is 1.88. The van der Waals surface area contributed by atoms with Gasteiger partial charge in [0.25, 0.3) is 0 Å². The molecule has 18 heavy (non-hydrogen) atoms. The highest BCUT2D eigenvalue weighted by Gasteiger charge is 2.41. The largest absolute Gasteiger partial charge is 0.465 e. The van der Waals surface area contributed by atoms with E-state index in [-0.39, 0.29) is 18.6 Å². The molecule has 0 fully saturated rings. The van der Waals surface area contributed by atoms with Gasteiger partial charge in [0.2, 0.25) is 0 Å². The summed E-state index contributed by atoms with van der Waals surface area (Å²) in [5, 5.41) is 9.50. The van der Waals surface area contributed by atoms with Crippen molar-refractivity contribution in [2.45, 2.75) is 18.9 Å². The Bertz CT molecular complexity index is 464. The molecule has 0 spiro atoms. The first kappa shape index (κ1) is 13.4. The van der Waals surface area contributed by atoms with Gasteiger partial charge in [0.1, 0.15) is 5.92 Å². The van der Waals surface area contributed by atoms with Crippen LogP contribution in [0.4, 0.5) is 5.69 Å². The van der Waals surface area contributed by atoms with E-state index < -0.39 is 5.92 Å². The van der Waals surface area contributed by atoms with Crippen LogP contribution in [-0.4, -0.2) is 37.4 Å². The third-order valence-corrected chi connectivity index (χ3v) is 3.81. The monoisotopic (exact) mass is 313 g/mol. The minimum Gasteiger partial charge on any atom is -0.465 e. The van der Waals surface area contributed by atoms with E-state index >= 15 is 0 Å². The number of carbonyl (C=O) groups is 1. The Morgan fingerprint density at radius 3 is 2.89 bits per heavy atom. The van der Waals surface area contributed by atoms with E-state index in [9.17, 15) is 9.90 Å². The van der Waals surface area contributed by atoms with Crippen molar-refractivity contribution in [3.63, 3.8) is 0 Å². The third kappa shape index (κ3) is 2.12. The Balaban J connectivity index is 2.43. The summed E-state index contributed by atoms with van der Waals surface area (Å²) in [6.07, 6.45) is 0. The topological polar surface area (TPSA) is 49.8 Å². The number of fused-ring (bicyclic) bond motifs is 1. The summed E-state index contributed by atoms with van der Waals surface area (Å²) < 4.78 is 6.06. The van der Waals surface area contributed by atoms with Crippen LogP contribution in [0.5, 0.6) is 0 Å². The molecule has 1 N–H and O–H groups in total. The molecule has 1 aliphatic rings. The van der Waals surface area contributed by atoms with Crippen LogP contribution in [-0.2, 0) is 9.53 Å². The van der Waals surface area contributed by atoms with Crippen LogP contribution >= 0.6 is 15.9 Å². The lowest BCUT2D eigenvalue weighted by atomic mass is 9.95. The van der Waals surface area contributed by atoms with E-state index in [2.05, 4.69) is 15.9 Å². The Kier molecular flexibility index (Phi) is 3.92. The minimum absolute atomic E-state index is 0.0771. The summed E-state index contributed by atoms with van der Waals surface area (Å²) in [5.74, 6) is -0.687. The zero-order valence-corrected chi connectivity index (χ0v) is 12.0. The molecule has 2 unspecified atom stereocenters. The van der Waals surface area contributed by atoms with Gasteiger partial charge >= 0.3 is 5.97 Å². The Morgan fingerprint density at radius 1 is 1.56 bits per heavy atom. The van der Waals surface area contributed by atoms with Gasteiger partial charge in [-0.1, -0.05) is 22.0 Å². The van der Waals surface area contributed by atoms with Crippen molar-refractivity contribution in [3.05, 3.63) is 28.2 Å². The molecule has 0 bridgehead atoms. The normalized spacial score (nSPS) is 21.9. The van der Waals surface area contributed by atoms with Crippen molar-refractivity contribution < 1.29 is 14.6 Å². The highest BCUT2D eigenvalue weighted by Crippen LogP contribution is 2.41. The first-order valence-electron chi connectivity index (χ1n) is 5.90. The number of aliphatic hydroxyl groups excluding tert-OH is 1. The predicted molar refractivity (Wildman–Crippen MR) is 72.8 cm³/mol. The Hall–Kier alpha value is -1.07. The molecular weight excluding hydrogens is 298 g/mol. The average Bonchev–Trinajstić information content (AvgIpc) is 2.62. The number of aliphatic hydroxyl groups is 1. The van der Waals surface area contributed by atoms with Crippen molar-refractivity contribution in [1.29, 1.82) is 0 Å². The van der Waals surface area contributed by atoms with Crippen LogP contribution in [0.15, 0.2) is 22.7 Å². The molecule has 1 heterocycles. The standard InChI is InChI=1S/C13H16BrNO3/c1-3-18-13(17)12-9-5-4-8(14)6-10(9)15(2)11(12)7-16/h4-6,11-12,16H,3,7H2,1-2H3. The van der Waals surface area contributed by atoms with E-state index in [0.717, 1.165) is 15.7 Å². The number of nitrogens with zero attached hydrogens (tertiary/aromatic N) is 1. The molecule has 0 radical (unpaired) electrons. The molecule has 4 nitrogen and oxygen atoms in total. The number of benzene rings is 1. The van der Waals surface area contributed by atoms with Gasteiger partial charge < -0.3 is 14.7 Å². The van der Waals surface area contributed by atoms with Crippen molar-refractivity contribution in [3.8, 4) is 0 Å². The fraction of sp³-hybridized carbons (Fsp3) is 0.462. The number of likely N-dealkylation sites (N-methyl/N-ethyl adjacent to an activating group) is 1. The molecule has 2 atom stereocenters. The van der Waals surface area contributed by atoms with Gasteiger partial charge in [-0.3, -0.25) is 4.79 Å². The lowest BCUT2D eigenvalue weighted by Gasteiger charge is -2.23. The molecule has 1 aliphatic heterocycles. The van der Waals surface area contributed by atoms with Crippen molar-refractivity contribution in [2.75, 3.05) is 25.2 Å². The first-order valence-corrected chi connectivity index (χ1v) is 6.69. The van der Waals surface area contributed by atoms with Crippen LogP contribution in [0.2, 0.25) is 0 Å². The fourth-order valence-electron chi connectivity index (χ4n) is 2.44. The molecular formula is C13H16BrNO3. The maximum absolute atomic E-state index is 12.0. The number of anilines is 1. The first-order chi connectivity index (χ1) is 8.60. The van der Waals surface area contributed by atoms with Crippen LogP contribution in [0.3, 0.4) is 0 Å². The molecule has 0 aromatic heterocycles. The summed E-state index contributed by atoms with van der Waals surface area (Å²) >= 11 is 3.42. The van der Waals surface area contributed by atoms with Crippen LogP contribution in [0, 0.1) is 0 Å². The van der Waals surface area contributed by atoms with Gasteiger partial charge in [-0.2, -0.15) is 0 Å². The molecule has 5 heteroatoms. The van der Waals surface area contributed by atoms with Crippen LogP contribution < -0.4 is 4.90 Å². The maximum atomic E-state index is 12.0. The molecule has 1 aromatic carbocycles. The molecule has 0 aliphatic carbocycles. The second-order valence-corrected chi connectivity index (χ2v) is 5.21. The summed E-state index contributed by atoms with van der Waals surface area (Å²) in [6, 6.07) is 5.51. The van der Waals surface area contributed by atoms with E-state index in [1.807, 2.05) is 30.1 Å². The van der Waals surface area contributed by atoms with E-state index in [0.29, 0.717) is 6.61 Å². The SMILES string of the molecule is CCOC(=O)C1c2ccc(Br)cc2N(C)C1CO. The number of esters is 1. The second kappa shape index (κ2) is 5.28. The lowest BCUT2D eigenvalue weighted by Crippen LogP contribution is -2.37. The fourth-order valence-corrected chi connectivity index (χ4v) is 2.79. The number of ether oxygens (including phenoxy) is 1. The van der Waals surface area contributed by atoms with Gasteiger partial charge in [0.05, 0.1) is 19.3 Å². The van der Waals surface area contributed by atoms with Gasteiger partial charge in [0.15, 0.2) is 0 Å². The van der Waals surface area contributed by atoms with E-state index in [1.165, 1.54) is 0 Å². The van der Waals surface area contributed by atoms with Crippen molar-refractivity contribution in [2.24, 2.45) is 0 Å². The summed E-state index contributed by atoms with van der Waals surface area (Å²) in [5.41, 5.74) is 1.87. The highest BCUT2D eigenvalue weighted by molar-refractivity contribution is 9.10. The lowest BCUT2D eigenvalue weighted by molar-refractivity contribution is -0.145. The number of carbonyl (C=O) groups excluding carboxylic acids is 1. The van der Waals surface area contributed by atoms with Gasteiger partial charge in [0, 0.05) is 17.2 Å². The second-order valence-electron chi connectivity index (χ2n) is 4.29. The van der Waals surface area contributed by atoms with Crippen LogP contribution in [0.1, 0.15) is 18.4 Å². The molecule has 98 valence electrons. The Labute approximate surface area is 115 Å². The molecule has 0 amide bonds. The third-order valence-electron chi connectivity index (χ3n) is 3.32. The number of hydrogen-bond acceptors (Lipinski definition) is 4.